The highest BCUT2D eigenvalue weighted by Crippen LogP contribution is 2.30. The lowest BCUT2D eigenvalue weighted by Gasteiger charge is -2.23. The molecule has 3 heterocycles. The van der Waals surface area contributed by atoms with Crippen molar-refractivity contribution in [1.29, 1.82) is 0 Å². The molecule has 0 unspecified atom stereocenters. The van der Waals surface area contributed by atoms with Crippen LogP contribution in [0, 0.1) is 13.8 Å². The molecule has 0 radical (unpaired) electrons. The Morgan fingerprint density at radius 2 is 1.90 bits per heavy atom. The van der Waals surface area contributed by atoms with Crippen LogP contribution in [0.4, 0.5) is 5.69 Å². The summed E-state index contributed by atoms with van der Waals surface area (Å²) in [5, 5.41) is 12.2. The highest BCUT2D eigenvalue weighted by Gasteiger charge is 2.20. The lowest BCUT2D eigenvalue weighted by atomic mass is 10.0. The van der Waals surface area contributed by atoms with Gasteiger partial charge in [-0.15, -0.1) is 0 Å². The molecule has 3 rings (SSSR count). The number of aromatic nitrogens is 4. The second kappa shape index (κ2) is 9.73. The van der Waals surface area contributed by atoms with Crippen molar-refractivity contribution in [2.24, 2.45) is 0 Å². The molecule has 0 saturated heterocycles. The maximum Gasteiger partial charge on any atom is 0.273 e. The predicted molar refractivity (Wildman–Crippen MR) is 118 cm³/mol. The number of nitrogens with zero attached hydrogens (tertiary/aromatic N) is 4. The maximum absolute atomic E-state index is 12.5. The molecule has 0 fully saturated rings. The van der Waals surface area contributed by atoms with Gasteiger partial charge in [0, 0.05) is 37.3 Å². The quantitative estimate of drug-likeness (QED) is 0.513. The maximum atomic E-state index is 12.5. The van der Waals surface area contributed by atoms with E-state index in [4.69, 9.17) is 9.40 Å². The molecule has 0 aliphatic heterocycles. The third-order valence-electron chi connectivity index (χ3n) is 5.29. The number of hydrogen-bond donors (Lipinski definition) is 2. The minimum absolute atomic E-state index is 0.264. The van der Waals surface area contributed by atoms with Crippen LogP contribution in [0.2, 0.25) is 0 Å². The van der Waals surface area contributed by atoms with E-state index in [1.807, 2.05) is 17.8 Å². The summed E-state index contributed by atoms with van der Waals surface area (Å²) in [6.07, 6.45) is 7.63. The van der Waals surface area contributed by atoms with Crippen LogP contribution in [-0.2, 0) is 13.1 Å². The van der Waals surface area contributed by atoms with Gasteiger partial charge in [-0.2, -0.15) is 5.10 Å². The number of rotatable bonds is 10. The summed E-state index contributed by atoms with van der Waals surface area (Å²) in [6, 6.07) is 0.364. The molecule has 162 valence electrons. The van der Waals surface area contributed by atoms with Crippen LogP contribution in [-0.4, -0.2) is 31.7 Å². The lowest BCUT2D eigenvalue weighted by molar-refractivity contribution is 0.0946. The molecule has 8 heteroatoms. The highest BCUT2D eigenvalue weighted by molar-refractivity contribution is 5.93. The predicted octanol–water partition coefficient (Wildman–Crippen LogP) is 4.37. The van der Waals surface area contributed by atoms with E-state index in [1.165, 1.54) is 6.26 Å². The van der Waals surface area contributed by atoms with E-state index in [2.05, 4.69) is 41.5 Å². The molecule has 0 aromatic carbocycles. The molecule has 2 N–H and O–H groups in total. The third-order valence-corrected chi connectivity index (χ3v) is 5.29. The van der Waals surface area contributed by atoms with E-state index < -0.39 is 0 Å². The minimum atomic E-state index is -0.264. The molecule has 3 aromatic heterocycles. The van der Waals surface area contributed by atoms with Crippen molar-refractivity contribution in [2.75, 3.05) is 5.32 Å². The van der Waals surface area contributed by atoms with Gasteiger partial charge in [-0.05, 0) is 26.7 Å². The van der Waals surface area contributed by atoms with Gasteiger partial charge in [0.25, 0.3) is 5.91 Å². The number of fused-ring (bicyclic) bond motifs is 1. The van der Waals surface area contributed by atoms with E-state index in [0.29, 0.717) is 18.5 Å². The number of pyridine rings is 1. The molecule has 1 amide bonds. The number of amides is 1. The molecule has 0 aliphatic rings. The second-order valence-electron chi connectivity index (χ2n) is 7.60. The van der Waals surface area contributed by atoms with Gasteiger partial charge < -0.3 is 15.1 Å². The summed E-state index contributed by atoms with van der Waals surface area (Å²) in [5.41, 5.74) is 4.02. The summed E-state index contributed by atoms with van der Waals surface area (Å²) in [6.45, 7) is 11.3. The van der Waals surface area contributed by atoms with E-state index in [1.54, 1.807) is 6.92 Å². The molecule has 3 aromatic rings. The normalized spacial score (nSPS) is 11.4. The molecule has 30 heavy (non-hydrogen) atoms. The number of nitrogens with one attached hydrogen (secondary N) is 2. The Hall–Kier alpha value is -2.90. The van der Waals surface area contributed by atoms with Crippen LogP contribution in [0.15, 0.2) is 16.9 Å². The SMILES string of the molecule is CCCC(CCC)Nc1c(CNC(=O)c2coc(C)n2)c(C)nc2c1cnn2CC. The van der Waals surface area contributed by atoms with E-state index in [9.17, 15) is 4.79 Å². The van der Waals surface area contributed by atoms with Gasteiger partial charge in [-0.25, -0.2) is 14.6 Å². The van der Waals surface area contributed by atoms with Gasteiger partial charge in [0.2, 0.25) is 0 Å². The number of hydrogen-bond acceptors (Lipinski definition) is 6. The standard InChI is InChI=1S/C22H32N6O2/c1-6-9-16(10-7-2)27-20-17(11-23-22(29)19-13-30-15(5)26-19)14(4)25-21-18(20)12-24-28(21)8-3/h12-13,16H,6-11H2,1-5H3,(H,23,29)(H,25,27). The van der Waals surface area contributed by atoms with Crippen molar-refractivity contribution in [3.63, 3.8) is 0 Å². The summed E-state index contributed by atoms with van der Waals surface area (Å²) in [7, 11) is 0. The summed E-state index contributed by atoms with van der Waals surface area (Å²) < 4.78 is 7.06. The van der Waals surface area contributed by atoms with Crippen LogP contribution in [0.1, 0.15) is 74.1 Å². The first-order valence-corrected chi connectivity index (χ1v) is 10.8. The van der Waals surface area contributed by atoms with Crippen molar-refractivity contribution in [3.05, 3.63) is 35.3 Å². The zero-order chi connectivity index (χ0) is 21.7. The fourth-order valence-electron chi connectivity index (χ4n) is 3.77. The molecular weight excluding hydrogens is 380 g/mol. The second-order valence-corrected chi connectivity index (χ2v) is 7.60. The summed E-state index contributed by atoms with van der Waals surface area (Å²) >= 11 is 0. The Bertz CT molecular complexity index is 1000. The van der Waals surface area contributed by atoms with Crippen molar-refractivity contribution >= 4 is 22.6 Å². The number of anilines is 1. The summed E-state index contributed by atoms with van der Waals surface area (Å²) in [5.74, 6) is 0.205. The molecule has 0 aliphatic carbocycles. The minimum Gasteiger partial charge on any atom is -0.448 e. The Morgan fingerprint density at radius 3 is 2.50 bits per heavy atom. The number of aryl methyl sites for hydroxylation is 3. The van der Waals surface area contributed by atoms with E-state index in [-0.39, 0.29) is 11.6 Å². The fraction of sp³-hybridized carbons (Fsp3) is 0.545. The summed E-state index contributed by atoms with van der Waals surface area (Å²) in [4.78, 5) is 21.4. The number of oxazole rings is 1. The molecule has 0 saturated carbocycles. The fourth-order valence-corrected chi connectivity index (χ4v) is 3.77. The molecular formula is C22H32N6O2. The first kappa shape index (κ1) is 21.8. The molecule has 0 atom stereocenters. The average Bonchev–Trinajstić information content (AvgIpc) is 3.33. The van der Waals surface area contributed by atoms with Crippen molar-refractivity contribution < 1.29 is 9.21 Å². The van der Waals surface area contributed by atoms with Crippen LogP contribution in [0.5, 0.6) is 0 Å². The Labute approximate surface area is 177 Å². The molecule has 0 spiro atoms. The zero-order valence-electron chi connectivity index (χ0n) is 18.6. The Kier molecular flexibility index (Phi) is 7.07. The van der Waals surface area contributed by atoms with Gasteiger partial charge in [0.1, 0.15) is 6.26 Å². The first-order chi connectivity index (χ1) is 14.5. The van der Waals surface area contributed by atoms with Crippen molar-refractivity contribution in [3.8, 4) is 0 Å². The van der Waals surface area contributed by atoms with Crippen LogP contribution < -0.4 is 10.6 Å². The van der Waals surface area contributed by atoms with Gasteiger partial charge in [-0.1, -0.05) is 26.7 Å². The smallest absolute Gasteiger partial charge is 0.273 e. The van der Waals surface area contributed by atoms with Crippen LogP contribution >= 0.6 is 0 Å². The average molecular weight is 413 g/mol. The first-order valence-electron chi connectivity index (χ1n) is 10.8. The van der Waals surface area contributed by atoms with Crippen molar-refractivity contribution in [1.82, 2.24) is 25.1 Å². The number of carbonyl (C=O) groups excluding carboxylic acids is 1. The van der Waals surface area contributed by atoms with Crippen LogP contribution in [0.3, 0.4) is 0 Å². The van der Waals surface area contributed by atoms with Crippen LogP contribution in [0.25, 0.3) is 11.0 Å². The zero-order valence-corrected chi connectivity index (χ0v) is 18.6. The van der Waals surface area contributed by atoms with E-state index >= 15 is 0 Å². The molecule has 8 nitrogen and oxygen atoms in total. The topological polar surface area (TPSA) is 97.9 Å². The highest BCUT2D eigenvalue weighted by atomic mass is 16.3. The van der Waals surface area contributed by atoms with Gasteiger partial charge in [-0.3, -0.25) is 4.79 Å². The van der Waals surface area contributed by atoms with E-state index in [0.717, 1.165) is 60.2 Å². The van der Waals surface area contributed by atoms with Gasteiger partial charge in [0.05, 0.1) is 17.3 Å². The largest absolute Gasteiger partial charge is 0.448 e. The Morgan fingerprint density at radius 1 is 1.17 bits per heavy atom. The lowest BCUT2D eigenvalue weighted by Crippen LogP contribution is -2.26. The Balaban J connectivity index is 1.96. The van der Waals surface area contributed by atoms with Gasteiger partial charge >= 0.3 is 0 Å². The molecule has 0 bridgehead atoms. The van der Waals surface area contributed by atoms with Crippen molar-refractivity contribution in [2.45, 2.75) is 79.4 Å². The third kappa shape index (κ3) is 4.63. The van der Waals surface area contributed by atoms with Gasteiger partial charge in [0.15, 0.2) is 17.2 Å². The number of carbonyl (C=O) groups is 1. The monoisotopic (exact) mass is 412 g/mol.